The van der Waals surface area contributed by atoms with Crippen molar-refractivity contribution >= 4 is 12.0 Å². The molecule has 4 heteroatoms. The molecule has 1 fully saturated rings. The average Bonchev–Trinajstić information content (AvgIpc) is 2.57. The van der Waals surface area contributed by atoms with Crippen molar-refractivity contribution < 1.29 is 9.53 Å². The summed E-state index contributed by atoms with van der Waals surface area (Å²) < 4.78 is 5.78. The lowest BCUT2D eigenvalue weighted by Gasteiger charge is -2.36. The molecule has 4 nitrogen and oxygen atoms in total. The van der Waals surface area contributed by atoms with Gasteiger partial charge in [0.15, 0.2) is 0 Å². The number of methoxy groups -OCH3 is 1. The molecule has 0 spiro atoms. The minimum Gasteiger partial charge on any atom is -0.496 e. The molecule has 0 bridgehead atoms. The van der Waals surface area contributed by atoms with Crippen molar-refractivity contribution in [2.75, 3.05) is 27.2 Å². The molecule has 1 aliphatic rings. The van der Waals surface area contributed by atoms with Gasteiger partial charge in [0.1, 0.15) is 5.75 Å². The normalized spacial score (nSPS) is 15.4. The molecule has 136 valence electrons. The number of carbonyl (C=O) groups excluding carboxylic acids is 1. The van der Waals surface area contributed by atoms with Crippen LogP contribution in [0.1, 0.15) is 43.9 Å². The lowest BCUT2D eigenvalue weighted by atomic mass is 9.95. The largest absolute Gasteiger partial charge is 0.496 e. The molecule has 0 radical (unpaired) electrons. The van der Waals surface area contributed by atoms with Gasteiger partial charge in [-0.05, 0) is 56.4 Å². The van der Waals surface area contributed by atoms with Crippen LogP contribution in [0.2, 0.25) is 0 Å². The number of carbonyl (C=O) groups is 1. The lowest BCUT2D eigenvalue weighted by molar-refractivity contribution is -0.115. The highest BCUT2D eigenvalue weighted by Gasteiger charge is 2.21. The Bertz CT molecular complexity index is 700. The number of hydrogen-bond acceptors (Lipinski definition) is 3. The number of ether oxygens (including phenoxy) is 1. The van der Waals surface area contributed by atoms with Crippen LogP contribution in [0.25, 0.3) is 5.57 Å². The molecule has 0 saturated carbocycles. The van der Waals surface area contributed by atoms with E-state index in [0.717, 1.165) is 42.9 Å². The number of likely N-dealkylation sites (tertiary alicyclic amines) is 1. The van der Waals surface area contributed by atoms with Crippen LogP contribution in [0.15, 0.2) is 29.6 Å². The highest BCUT2D eigenvalue weighted by atomic mass is 16.5. The van der Waals surface area contributed by atoms with Crippen LogP contribution in [0.4, 0.5) is 0 Å². The Balaban J connectivity index is 2.61. The molecule has 0 unspecified atom stereocenters. The van der Waals surface area contributed by atoms with E-state index in [4.69, 9.17) is 4.74 Å². The van der Waals surface area contributed by atoms with Gasteiger partial charge in [0.2, 0.25) is 6.41 Å². The van der Waals surface area contributed by atoms with Crippen molar-refractivity contribution in [2.45, 2.75) is 40.5 Å². The van der Waals surface area contributed by atoms with Gasteiger partial charge in [0, 0.05) is 37.1 Å². The molecule has 1 saturated heterocycles. The summed E-state index contributed by atoms with van der Waals surface area (Å²) >= 11 is 0. The van der Waals surface area contributed by atoms with Crippen molar-refractivity contribution in [3.8, 4) is 5.75 Å². The third-order valence-electron chi connectivity index (χ3n) is 5.10. The van der Waals surface area contributed by atoms with Gasteiger partial charge in [-0.15, -0.1) is 0 Å². The highest BCUT2D eigenvalue weighted by Crippen LogP contribution is 2.36. The lowest BCUT2D eigenvalue weighted by Crippen LogP contribution is -2.36. The summed E-state index contributed by atoms with van der Waals surface area (Å²) in [6.07, 6.45) is 5.10. The predicted octanol–water partition coefficient (Wildman–Crippen LogP) is 3.99. The first-order valence-electron chi connectivity index (χ1n) is 8.93. The molecule has 1 heterocycles. The molecule has 1 amide bonds. The van der Waals surface area contributed by atoms with Crippen molar-refractivity contribution in [3.63, 3.8) is 0 Å². The topological polar surface area (TPSA) is 32.8 Å². The zero-order valence-corrected chi connectivity index (χ0v) is 16.3. The first kappa shape index (κ1) is 19.1. The zero-order valence-electron chi connectivity index (χ0n) is 16.3. The predicted molar refractivity (Wildman–Crippen MR) is 103 cm³/mol. The molecule has 0 aromatic heterocycles. The van der Waals surface area contributed by atoms with Gasteiger partial charge in [-0.25, -0.2) is 0 Å². The number of benzene rings is 1. The number of hydrogen-bond donors (Lipinski definition) is 0. The second kappa shape index (κ2) is 8.24. The third kappa shape index (κ3) is 3.89. The molecular formula is C21H30N2O2. The van der Waals surface area contributed by atoms with Crippen LogP contribution in [-0.2, 0) is 11.2 Å². The fourth-order valence-electron chi connectivity index (χ4n) is 3.21. The quantitative estimate of drug-likeness (QED) is 0.555. The molecule has 1 aromatic carbocycles. The van der Waals surface area contributed by atoms with Crippen LogP contribution in [-0.4, -0.2) is 43.5 Å². The van der Waals surface area contributed by atoms with Gasteiger partial charge in [0.05, 0.1) is 7.11 Å². The molecule has 1 aliphatic heterocycles. The van der Waals surface area contributed by atoms with Crippen LogP contribution >= 0.6 is 0 Å². The van der Waals surface area contributed by atoms with E-state index in [-0.39, 0.29) is 0 Å². The van der Waals surface area contributed by atoms with Crippen molar-refractivity contribution in [1.82, 2.24) is 9.80 Å². The number of aryl methyl sites for hydroxylation is 1. The van der Waals surface area contributed by atoms with Crippen molar-refractivity contribution in [2.24, 2.45) is 0 Å². The Morgan fingerprint density at radius 2 is 2.00 bits per heavy atom. The van der Waals surface area contributed by atoms with E-state index in [1.807, 2.05) is 6.92 Å². The van der Waals surface area contributed by atoms with E-state index in [9.17, 15) is 4.79 Å². The summed E-state index contributed by atoms with van der Waals surface area (Å²) in [6, 6.07) is 4.32. The summed E-state index contributed by atoms with van der Waals surface area (Å²) in [7, 11) is 3.53. The maximum Gasteiger partial charge on any atom is 0.213 e. The Kier molecular flexibility index (Phi) is 6.29. The fraction of sp³-hybridized carbons (Fsp3) is 0.476. The van der Waals surface area contributed by atoms with Crippen LogP contribution < -0.4 is 4.74 Å². The maximum atomic E-state index is 11.1. The molecule has 0 N–H and O–H groups in total. The van der Waals surface area contributed by atoms with E-state index >= 15 is 0 Å². The molecule has 0 aliphatic carbocycles. The Morgan fingerprint density at radius 3 is 2.48 bits per heavy atom. The minimum absolute atomic E-state index is 0.844. The fourth-order valence-corrected chi connectivity index (χ4v) is 3.21. The number of rotatable bonds is 7. The van der Waals surface area contributed by atoms with E-state index in [0.29, 0.717) is 0 Å². The number of amides is 1. The minimum atomic E-state index is 0.844. The van der Waals surface area contributed by atoms with Gasteiger partial charge in [-0.3, -0.25) is 4.79 Å². The standard InChI is InChI=1S/C21H30N2O2/c1-7-18-15(2)9-10-19(21(18)25-6)17(4)20(23-11-8-12-23)13-16(3)22(5)14-24/h9-10,13-14H,7-8,11-12H2,1-6H3/b16-13-,20-17-. The molecule has 1 aromatic rings. The van der Waals surface area contributed by atoms with Crippen LogP contribution in [0, 0.1) is 6.92 Å². The average molecular weight is 342 g/mol. The van der Waals surface area contributed by atoms with Crippen LogP contribution in [0.5, 0.6) is 5.75 Å². The van der Waals surface area contributed by atoms with Gasteiger partial charge in [-0.2, -0.15) is 0 Å². The number of allylic oxidation sites excluding steroid dienone is 3. The van der Waals surface area contributed by atoms with Crippen molar-refractivity contribution in [1.29, 1.82) is 0 Å². The SMILES string of the molecule is CCc1c(C)ccc(/C(C)=C(/C=C(/C)N(C)C=O)N2CCC2)c1OC. The zero-order chi connectivity index (χ0) is 18.6. The van der Waals surface area contributed by atoms with Gasteiger partial charge in [0.25, 0.3) is 0 Å². The smallest absolute Gasteiger partial charge is 0.213 e. The monoisotopic (exact) mass is 342 g/mol. The third-order valence-corrected chi connectivity index (χ3v) is 5.10. The van der Waals surface area contributed by atoms with Crippen molar-refractivity contribution in [3.05, 3.63) is 46.3 Å². The highest BCUT2D eigenvalue weighted by molar-refractivity contribution is 5.75. The van der Waals surface area contributed by atoms with Gasteiger partial charge >= 0.3 is 0 Å². The van der Waals surface area contributed by atoms with E-state index in [1.165, 1.54) is 28.8 Å². The van der Waals surface area contributed by atoms with Gasteiger partial charge in [-0.1, -0.05) is 19.1 Å². The van der Waals surface area contributed by atoms with Gasteiger partial charge < -0.3 is 14.5 Å². The molecule has 0 atom stereocenters. The van der Waals surface area contributed by atoms with E-state index < -0.39 is 0 Å². The van der Waals surface area contributed by atoms with E-state index in [1.54, 1.807) is 19.1 Å². The second-order valence-corrected chi connectivity index (χ2v) is 6.65. The first-order valence-corrected chi connectivity index (χ1v) is 8.93. The molecular weight excluding hydrogens is 312 g/mol. The summed E-state index contributed by atoms with van der Waals surface area (Å²) in [5, 5.41) is 0. The Labute approximate surface area is 151 Å². The second-order valence-electron chi connectivity index (χ2n) is 6.65. The first-order chi connectivity index (χ1) is 11.9. The Hall–Kier alpha value is -2.23. The Morgan fingerprint density at radius 1 is 1.32 bits per heavy atom. The van der Waals surface area contributed by atoms with Crippen LogP contribution in [0.3, 0.4) is 0 Å². The molecule has 2 rings (SSSR count). The summed E-state index contributed by atoms with van der Waals surface area (Å²) in [4.78, 5) is 15.0. The maximum absolute atomic E-state index is 11.1. The summed E-state index contributed by atoms with van der Waals surface area (Å²) in [6.45, 7) is 10.5. The summed E-state index contributed by atoms with van der Waals surface area (Å²) in [5.41, 5.74) is 6.93. The molecule has 25 heavy (non-hydrogen) atoms. The van der Waals surface area contributed by atoms with E-state index in [2.05, 4.69) is 43.9 Å². The number of nitrogens with zero attached hydrogens (tertiary/aromatic N) is 2. The summed E-state index contributed by atoms with van der Waals surface area (Å²) in [5.74, 6) is 0.966.